The molecule has 2 aromatic heterocycles. The molecule has 3 aromatic rings. The predicted octanol–water partition coefficient (Wildman–Crippen LogP) is 2.36. The summed E-state index contributed by atoms with van der Waals surface area (Å²) in [5, 5.41) is 3.37. The van der Waals surface area contributed by atoms with E-state index in [-0.39, 0.29) is 5.91 Å². The molecular formula is C16H14N4O2. The number of hydrogen-bond donors (Lipinski definition) is 2. The Hall–Kier alpha value is -3.15. The van der Waals surface area contributed by atoms with E-state index in [4.69, 9.17) is 10.5 Å². The number of aromatic nitrogens is 2. The molecule has 0 aliphatic carbocycles. The fraction of sp³-hybridized carbons (Fsp3) is 0.0625. The van der Waals surface area contributed by atoms with Crippen molar-refractivity contribution in [2.75, 3.05) is 12.8 Å². The maximum Gasteiger partial charge on any atom is 0.269 e. The van der Waals surface area contributed by atoms with Crippen LogP contribution in [0.4, 0.5) is 5.82 Å². The Morgan fingerprint density at radius 1 is 1.23 bits per heavy atom. The number of nitrogen functional groups attached to an aromatic ring is 1. The number of amides is 1. The number of anilines is 1. The van der Waals surface area contributed by atoms with Crippen LogP contribution in [0.2, 0.25) is 0 Å². The van der Waals surface area contributed by atoms with E-state index in [1.807, 2.05) is 24.3 Å². The Bertz CT molecular complexity index is 848. The number of nitrogens with two attached hydrogens (primary N) is 1. The molecule has 0 aliphatic heterocycles. The molecule has 3 rings (SSSR count). The lowest BCUT2D eigenvalue weighted by Crippen LogP contribution is -2.18. The standard InChI is InChI=1S/C16H14N4O2/c1-18-16(21)13-9-10(7-8-19-13)22-14-4-2-3-12-11(14)5-6-15(17)20-12/h2-9H,1H3,(H2,17,20)(H,18,21). The lowest BCUT2D eigenvalue weighted by molar-refractivity contribution is 0.0958. The van der Waals surface area contributed by atoms with E-state index in [1.165, 1.54) is 6.20 Å². The first-order chi connectivity index (χ1) is 10.7. The second-order valence-electron chi connectivity index (χ2n) is 4.62. The van der Waals surface area contributed by atoms with E-state index in [9.17, 15) is 4.79 Å². The predicted molar refractivity (Wildman–Crippen MR) is 83.9 cm³/mol. The molecule has 0 saturated carbocycles. The van der Waals surface area contributed by atoms with Crippen LogP contribution >= 0.6 is 0 Å². The summed E-state index contributed by atoms with van der Waals surface area (Å²) in [4.78, 5) is 19.9. The van der Waals surface area contributed by atoms with Crippen molar-refractivity contribution in [3.63, 3.8) is 0 Å². The molecule has 3 N–H and O–H groups in total. The number of nitrogens with one attached hydrogen (secondary N) is 1. The normalized spacial score (nSPS) is 10.4. The molecule has 0 aliphatic rings. The van der Waals surface area contributed by atoms with Crippen LogP contribution in [0.5, 0.6) is 11.5 Å². The zero-order chi connectivity index (χ0) is 15.5. The first kappa shape index (κ1) is 13.8. The molecule has 1 amide bonds. The van der Waals surface area contributed by atoms with Crippen LogP contribution in [0.25, 0.3) is 10.9 Å². The van der Waals surface area contributed by atoms with Gasteiger partial charge in [-0.1, -0.05) is 6.07 Å². The summed E-state index contributed by atoms with van der Waals surface area (Å²) in [7, 11) is 1.55. The molecule has 0 radical (unpaired) electrons. The number of hydrogen-bond acceptors (Lipinski definition) is 5. The van der Waals surface area contributed by atoms with Crippen molar-refractivity contribution in [2.24, 2.45) is 0 Å². The molecule has 0 saturated heterocycles. The highest BCUT2D eigenvalue weighted by Crippen LogP contribution is 2.29. The average molecular weight is 294 g/mol. The van der Waals surface area contributed by atoms with Crippen LogP contribution in [0, 0.1) is 0 Å². The number of fused-ring (bicyclic) bond motifs is 1. The Morgan fingerprint density at radius 2 is 2.09 bits per heavy atom. The summed E-state index contributed by atoms with van der Waals surface area (Å²) in [6.07, 6.45) is 1.53. The average Bonchev–Trinajstić information content (AvgIpc) is 2.54. The lowest BCUT2D eigenvalue weighted by Gasteiger charge is -2.09. The van der Waals surface area contributed by atoms with Crippen molar-refractivity contribution in [3.8, 4) is 11.5 Å². The van der Waals surface area contributed by atoms with Crippen LogP contribution in [-0.4, -0.2) is 22.9 Å². The second kappa shape index (κ2) is 5.69. The molecule has 0 unspecified atom stereocenters. The molecule has 0 bridgehead atoms. The van der Waals surface area contributed by atoms with E-state index >= 15 is 0 Å². The van der Waals surface area contributed by atoms with Crippen molar-refractivity contribution < 1.29 is 9.53 Å². The van der Waals surface area contributed by atoms with Gasteiger partial charge in [-0.15, -0.1) is 0 Å². The van der Waals surface area contributed by atoms with Crippen LogP contribution in [0.1, 0.15) is 10.5 Å². The van der Waals surface area contributed by atoms with Crippen molar-refractivity contribution >= 4 is 22.6 Å². The van der Waals surface area contributed by atoms with Crippen LogP contribution < -0.4 is 15.8 Å². The molecule has 6 nitrogen and oxygen atoms in total. The number of pyridine rings is 2. The van der Waals surface area contributed by atoms with Gasteiger partial charge in [0.05, 0.1) is 5.52 Å². The van der Waals surface area contributed by atoms with E-state index in [1.54, 1.807) is 25.2 Å². The second-order valence-corrected chi connectivity index (χ2v) is 4.62. The minimum Gasteiger partial charge on any atom is -0.457 e. The fourth-order valence-electron chi connectivity index (χ4n) is 2.09. The van der Waals surface area contributed by atoms with Crippen LogP contribution in [0.3, 0.4) is 0 Å². The molecule has 2 heterocycles. The van der Waals surface area contributed by atoms with Gasteiger partial charge in [0.2, 0.25) is 0 Å². The Balaban J connectivity index is 1.98. The Morgan fingerprint density at radius 3 is 2.91 bits per heavy atom. The van der Waals surface area contributed by atoms with Gasteiger partial charge in [0.25, 0.3) is 5.91 Å². The van der Waals surface area contributed by atoms with Gasteiger partial charge in [-0.2, -0.15) is 0 Å². The van der Waals surface area contributed by atoms with E-state index in [0.717, 1.165) is 10.9 Å². The quantitative estimate of drug-likeness (QED) is 0.774. The molecule has 0 spiro atoms. The Labute approximate surface area is 127 Å². The number of carbonyl (C=O) groups excluding carboxylic acids is 1. The van der Waals surface area contributed by atoms with Gasteiger partial charge in [0.15, 0.2) is 0 Å². The monoisotopic (exact) mass is 294 g/mol. The van der Waals surface area contributed by atoms with E-state index in [2.05, 4.69) is 15.3 Å². The number of rotatable bonds is 3. The highest BCUT2D eigenvalue weighted by molar-refractivity contribution is 5.92. The molecule has 0 atom stereocenters. The molecule has 0 fully saturated rings. The molecule has 1 aromatic carbocycles. The molecule has 22 heavy (non-hydrogen) atoms. The summed E-state index contributed by atoms with van der Waals surface area (Å²) < 4.78 is 5.87. The lowest BCUT2D eigenvalue weighted by atomic mass is 10.2. The molecular weight excluding hydrogens is 280 g/mol. The third-order valence-corrected chi connectivity index (χ3v) is 3.13. The first-order valence-corrected chi connectivity index (χ1v) is 6.68. The van der Waals surface area contributed by atoms with Crippen molar-refractivity contribution in [2.45, 2.75) is 0 Å². The van der Waals surface area contributed by atoms with Gasteiger partial charge in [0.1, 0.15) is 23.0 Å². The van der Waals surface area contributed by atoms with Gasteiger partial charge >= 0.3 is 0 Å². The van der Waals surface area contributed by atoms with Gasteiger partial charge in [-0.3, -0.25) is 9.78 Å². The van der Waals surface area contributed by atoms with Crippen molar-refractivity contribution in [3.05, 3.63) is 54.4 Å². The number of ether oxygens (including phenoxy) is 1. The summed E-state index contributed by atoms with van der Waals surface area (Å²) >= 11 is 0. The summed E-state index contributed by atoms with van der Waals surface area (Å²) in [6.45, 7) is 0. The van der Waals surface area contributed by atoms with E-state index in [0.29, 0.717) is 23.0 Å². The smallest absolute Gasteiger partial charge is 0.269 e. The maximum absolute atomic E-state index is 11.6. The van der Waals surface area contributed by atoms with Crippen LogP contribution in [-0.2, 0) is 0 Å². The zero-order valence-corrected chi connectivity index (χ0v) is 11.9. The van der Waals surface area contributed by atoms with Crippen molar-refractivity contribution in [1.29, 1.82) is 0 Å². The Kier molecular flexibility index (Phi) is 3.57. The van der Waals surface area contributed by atoms with Crippen LogP contribution in [0.15, 0.2) is 48.7 Å². The molecule has 110 valence electrons. The topological polar surface area (TPSA) is 90.1 Å². The highest BCUT2D eigenvalue weighted by atomic mass is 16.5. The third kappa shape index (κ3) is 2.67. The third-order valence-electron chi connectivity index (χ3n) is 3.13. The number of carbonyl (C=O) groups is 1. The summed E-state index contributed by atoms with van der Waals surface area (Å²) in [5.41, 5.74) is 6.73. The van der Waals surface area contributed by atoms with E-state index < -0.39 is 0 Å². The summed E-state index contributed by atoms with van der Waals surface area (Å²) in [6, 6.07) is 12.4. The zero-order valence-electron chi connectivity index (χ0n) is 11.9. The van der Waals surface area contributed by atoms with Gasteiger partial charge in [0, 0.05) is 24.7 Å². The SMILES string of the molecule is CNC(=O)c1cc(Oc2cccc3nc(N)ccc23)ccn1. The van der Waals surface area contributed by atoms with Crippen molar-refractivity contribution in [1.82, 2.24) is 15.3 Å². The van der Waals surface area contributed by atoms with Gasteiger partial charge in [-0.05, 0) is 30.3 Å². The minimum absolute atomic E-state index is 0.266. The minimum atomic E-state index is -0.266. The first-order valence-electron chi connectivity index (χ1n) is 6.68. The summed E-state index contributed by atoms with van der Waals surface area (Å²) in [5.74, 6) is 1.35. The fourth-order valence-corrected chi connectivity index (χ4v) is 2.09. The van der Waals surface area contributed by atoms with Gasteiger partial charge < -0.3 is 15.8 Å². The number of nitrogens with zero attached hydrogens (tertiary/aromatic N) is 2. The molecule has 6 heteroatoms. The highest BCUT2D eigenvalue weighted by Gasteiger charge is 2.08. The van der Waals surface area contributed by atoms with Gasteiger partial charge in [-0.25, -0.2) is 4.98 Å². The largest absolute Gasteiger partial charge is 0.457 e. The number of benzene rings is 1. The maximum atomic E-state index is 11.6.